The lowest BCUT2D eigenvalue weighted by Crippen LogP contribution is -2.40. The van der Waals surface area contributed by atoms with Crippen LogP contribution in [0.2, 0.25) is 0 Å². The predicted molar refractivity (Wildman–Crippen MR) is 96.7 cm³/mol. The highest BCUT2D eigenvalue weighted by Crippen LogP contribution is 2.53. The van der Waals surface area contributed by atoms with E-state index in [1.54, 1.807) is 11.8 Å². The maximum absolute atomic E-state index is 13.3. The highest BCUT2D eigenvalue weighted by molar-refractivity contribution is 6.08. The molecule has 1 spiro atoms. The fraction of sp³-hybridized carbons (Fsp3) is 0.333. The maximum Gasteiger partial charge on any atom is 0.312 e. The molecule has 0 N–H and O–H groups in total. The molecule has 4 atom stereocenters. The van der Waals surface area contributed by atoms with Gasteiger partial charge in [0.2, 0.25) is 5.91 Å². The van der Waals surface area contributed by atoms with Crippen molar-refractivity contribution >= 4 is 28.3 Å². The quantitative estimate of drug-likeness (QED) is 0.631. The molecular weight excluding hydrogens is 330 g/mol. The summed E-state index contributed by atoms with van der Waals surface area (Å²) in [4.78, 5) is 27.6. The van der Waals surface area contributed by atoms with Crippen molar-refractivity contribution in [1.82, 2.24) is 0 Å². The van der Waals surface area contributed by atoms with E-state index in [0.29, 0.717) is 13.2 Å². The first-order chi connectivity index (χ1) is 12.6. The number of hydrogen-bond donors (Lipinski definition) is 0. The number of carbonyl (C=O) groups excluding carboxylic acids is 2. The van der Waals surface area contributed by atoms with Gasteiger partial charge in [-0.15, -0.1) is 0 Å². The van der Waals surface area contributed by atoms with Gasteiger partial charge in [-0.05, 0) is 18.4 Å². The van der Waals surface area contributed by atoms with Gasteiger partial charge in [0.05, 0.1) is 30.9 Å². The normalized spacial score (nSPS) is 31.7. The number of hydrogen-bond acceptors (Lipinski definition) is 4. The fourth-order valence-electron chi connectivity index (χ4n) is 4.65. The number of esters is 1. The molecule has 3 aliphatic heterocycles. The van der Waals surface area contributed by atoms with E-state index >= 15 is 0 Å². The predicted octanol–water partition coefficient (Wildman–Crippen LogP) is 2.69. The summed E-state index contributed by atoms with van der Waals surface area (Å²) in [5, 5.41) is 2.10. The van der Waals surface area contributed by atoms with Crippen molar-refractivity contribution in [1.29, 1.82) is 0 Å². The average molecular weight is 349 g/mol. The molecule has 5 rings (SSSR count). The van der Waals surface area contributed by atoms with Crippen LogP contribution in [0.1, 0.15) is 6.92 Å². The van der Waals surface area contributed by atoms with Crippen molar-refractivity contribution in [3.63, 3.8) is 0 Å². The zero-order chi connectivity index (χ0) is 17.9. The van der Waals surface area contributed by atoms with Crippen LogP contribution in [-0.2, 0) is 19.1 Å². The molecule has 0 radical (unpaired) electrons. The SMILES string of the molecule is CCOC(=O)[C@H]1[C@H]2C=C[C@@]3(CN(c4cccc5ccccc45)C(=O)[C@@H]13)O2. The van der Waals surface area contributed by atoms with Gasteiger partial charge in [-0.2, -0.15) is 0 Å². The number of benzene rings is 2. The number of anilines is 1. The lowest BCUT2D eigenvalue weighted by atomic mass is 9.77. The molecular formula is C21H19NO4. The lowest BCUT2D eigenvalue weighted by molar-refractivity contribution is -0.151. The Hall–Kier alpha value is -2.66. The van der Waals surface area contributed by atoms with Crippen LogP contribution in [0.15, 0.2) is 54.6 Å². The molecule has 2 aromatic rings. The first kappa shape index (κ1) is 15.6. The van der Waals surface area contributed by atoms with E-state index < -0.39 is 17.4 Å². The van der Waals surface area contributed by atoms with Crippen LogP contribution in [0.5, 0.6) is 0 Å². The van der Waals surface area contributed by atoms with E-state index in [1.165, 1.54) is 0 Å². The van der Waals surface area contributed by atoms with Gasteiger partial charge in [-0.25, -0.2) is 0 Å². The second kappa shape index (κ2) is 5.42. The summed E-state index contributed by atoms with van der Waals surface area (Å²) in [5.74, 6) is -1.49. The second-order valence-electron chi connectivity index (χ2n) is 7.07. The molecule has 0 aromatic heterocycles. The number of rotatable bonds is 3. The number of amides is 1. The van der Waals surface area contributed by atoms with E-state index in [4.69, 9.17) is 9.47 Å². The van der Waals surface area contributed by atoms with Gasteiger partial charge in [0.15, 0.2) is 0 Å². The van der Waals surface area contributed by atoms with Gasteiger partial charge >= 0.3 is 5.97 Å². The second-order valence-corrected chi connectivity index (χ2v) is 7.07. The molecule has 1 amide bonds. The third-order valence-corrected chi connectivity index (χ3v) is 5.72. The van der Waals surface area contributed by atoms with Gasteiger partial charge in [0.25, 0.3) is 0 Å². The van der Waals surface area contributed by atoms with E-state index in [0.717, 1.165) is 16.5 Å². The molecule has 3 aliphatic rings. The molecule has 3 heterocycles. The summed E-state index contributed by atoms with van der Waals surface area (Å²) in [6.07, 6.45) is 3.50. The van der Waals surface area contributed by atoms with Crippen molar-refractivity contribution in [2.45, 2.75) is 18.6 Å². The van der Waals surface area contributed by atoms with E-state index in [1.807, 2.05) is 54.6 Å². The first-order valence-corrected chi connectivity index (χ1v) is 8.97. The summed E-state index contributed by atoms with van der Waals surface area (Å²) < 4.78 is 11.3. The molecule has 2 saturated heterocycles. The third-order valence-electron chi connectivity index (χ3n) is 5.72. The van der Waals surface area contributed by atoms with Gasteiger partial charge in [0, 0.05) is 5.39 Å². The van der Waals surface area contributed by atoms with Crippen molar-refractivity contribution < 1.29 is 19.1 Å². The lowest BCUT2D eigenvalue weighted by Gasteiger charge is -2.22. The van der Waals surface area contributed by atoms with Crippen LogP contribution in [0.4, 0.5) is 5.69 Å². The topological polar surface area (TPSA) is 55.8 Å². The number of nitrogens with zero attached hydrogens (tertiary/aromatic N) is 1. The summed E-state index contributed by atoms with van der Waals surface area (Å²) in [7, 11) is 0. The van der Waals surface area contributed by atoms with Crippen LogP contribution in [0.25, 0.3) is 10.8 Å². The third kappa shape index (κ3) is 1.95. The van der Waals surface area contributed by atoms with Crippen LogP contribution >= 0.6 is 0 Å². The zero-order valence-electron chi connectivity index (χ0n) is 14.4. The molecule has 2 fully saturated rings. The molecule has 5 nitrogen and oxygen atoms in total. The molecule has 132 valence electrons. The largest absolute Gasteiger partial charge is 0.466 e. The van der Waals surface area contributed by atoms with E-state index in [9.17, 15) is 9.59 Å². The van der Waals surface area contributed by atoms with Crippen LogP contribution in [0, 0.1) is 11.8 Å². The Bertz CT molecular complexity index is 947. The highest BCUT2D eigenvalue weighted by atomic mass is 16.6. The zero-order valence-corrected chi connectivity index (χ0v) is 14.4. The molecule has 5 heteroatoms. The molecule has 26 heavy (non-hydrogen) atoms. The maximum atomic E-state index is 13.3. The van der Waals surface area contributed by atoms with Crippen LogP contribution in [-0.4, -0.2) is 36.7 Å². The molecule has 0 aliphatic carbocycles. The fourth-order valence-corrected chi connectivity index (χ4v) is 4.65. The first-order valence-electron chi connectivity index (χ1n) is 8.97. The van der Waals surface area contributed by atoms with Crippen molar-refractivity contribution in [2.75, 3.05) is 18.1 Å². The molecule has 2 aromatic carbocycles. The number of ether oxygens (including phenoxy) is 2. The highest BCUT2D eigenvalue weighted by Gasteiger charge is 2.67. The Morgan fingerprint density at radius 1 is 1.27 bits per heavy atom. The summed E-state index contributed by atoms with van der Waals surface area (Å²) in [6.45, 7) is 2.50. The average Bonchev–Trinajstić information content (AvgIpc) is 3.30. The molecule has 0 unspecified atom stereocenters. The summed E-state index contributed by atoms with van der Waals surface area (Å²) in [5.41, 5.74) is 0.135. The minimum Gasteiger partial charge on any atom is -0.466 e. The van der Waals surface area contributed by atoms with E-state index in [2.05, 4.69) is 0 Å². The van der Waals surface area contributed by atoms with Crippen LogP contribution < -0.4 is 4.90 Å². The standard InChI is InChI=1S/C21H19NO4/c1-2-25-20(24)17-16-10-11-21(26-16)12-22(19(23)18(17)21)15-9-5-7-13-6-3-4-8-14(13)15/h3-11,16-18H,2,12H2,1H3/t16-,17+,18-,21+/m1/s1. The van der Waals surface area contributed by atoms with Gasteiger partial charge in [-0.3, -0.25) is 9.59 Å². The summed E-state index contributed by atoms with van der Waals surface area (Å²) in [6, 6.07) is 13.9. The minimum atomic E-state index is -0.726. The molecule has 0 saturated carbocycles. The molecule has 2 bridgehead atoms. The Morgan fingerprint density at radius 3 is 2.92 bits per heavy atom. The minimum absolute atomic E-state index is 0.0637. The smallest absolute Gasteiger partial charge is 0.312 e. The van der Waals surface area contributed by atoms with Gasteiger partial charge in [0.1, 0.15) is 11.5 Å². The Morgan fingerprint density at radius 2 is 2.08 bits per heavy atom. The number of carbonyl (C=O) groups is 2. The number of fused-ring (bicyclic) bond motifs is 2. The van der Waals surface area contributed by atoms with Crippen molar-refractivity contribution in [2.24, 2.45) is 11.8 Å². The Labute approximate surface area is 151 Å². The van der Waals surface area contributed by atoms with Gasteiger partial charge < -0.3 is 14.4 Å². The summed E-state index contributed by atoms with van der Waals surface area (Å²) >= 11 is 0. The monoisotopic (exact) mass is 349 g/mol. The Balaban J connectivity index is 1.58. The van der Waals surface area contributed by atoms with Crippen LogP contribution in [0.3, 0.4) is 0 Å². The van der Waals surface area contributed by atoms with Gasteiger partial charge in [-0.1, -0.05) is 48.6 Å². The Kier molecular flexibility index (Phi) is 3.25. The van der Waals surface area contributed by atoms with Crippen molar-refractivity contribution in [3.05, 3.63) is 54.6 Å². The van der Waals surface area contributed by atoms with Crippen molar-refractivity contribution in [3.8, 4) is 0 Å². The van der Waals surface area contributed by atoms with E-state index in [-0.39, 0.29) is 18.0 Å².